The molecule has 0 aliphatic heterocycles. The summed E-state index contributed by atoms with van der Waals surface area (Å²) >= 11 is 0. The monoisotopic (exact) mass is 338 g/mol. The predicted molar refractivity (Wildman–Crippen MR) is 104 cm³/mol. The summed E-state index contributed by atoms with van der Waals surface area (Å²) in [7, 11) is 0. The first-order valence-corrected chi connectivity index (χ1v) is 8.52. The molecule has 3 aromatic carbocycles. The Morgan fingerprint density at radius 1 is 0.615 bits per heavy atom. The Balaban J connectivity index is 1.58. The summed E-state index contributed by atoms with van der Waals surface area (Å²) in [5.41, 5.74) is 4.18. The van der Waals surface area contributed by atoms with Gasteiger partial charge >= 0.3 is 0 Å². The molecule has 0 aliphatic carbocycles. The molecule has 126 valence electrons. The fourth-order valence-corrected chi connectivity index (χ4v) is 2.78. The molecule has 3 nitrogen and oxygen atoms in total. The summed E-state index contributed by atoms with van der Waals surface area (Å²) in [6.45, 7) is 1.94. The number of ether oxygens (including phenoxy) is 1. The normalized spacial score (nSPS) is 10.5. The predicted octanol–water partition coefficient (Wildman–Crippen LogP) is 5.91. The van der Waals surface area contributed by atoms with Crippen LogP contribution in [0.4, 0.5) is 0 Å². The molecule has 1 aromatic heterocycles. The summed E-state index contributed by atoms with van der Waals surface area (Å²) < 4.78 is 5.96. The molecule has 3 heteroatoms. The Morgan fingerprint density at radius 2 is 1.19 bits per heavy atom. The van der Waals surface area contributed by atoms with E-state index >= 15 is 0 Å². The lowest BCUT2D eigenvalue weighted by molar-refractivity contribution is 0.461. The fourth-order valence-electron chi connectivity index (χ4n) is 2.78. The van der Waals surface area contributed by atoms with E-state index in [0.717, 1.165) is 22.6 Å². The number of rotatable bonds is 4. The van der Waals surface area contributed by atoms with Gasteiger partial charge in [-0.3, -0.25) is 0 Å². The van der Waals surface area contributed by atoms with E-state index in [-0.39, 0.29) is 0 Å². The lowest BCUT2D eigenvalue weighted by Crippen LogP contribution is -1.95. The van der Waals surface area contributed by atoms with Crippen molar-refractivity contribution < 1.29 is 4.74 Å². The molecule has 0 bridgehead atoms. The highest BCUT2D eigenvalue weighted by atomic mass is 16.5. The first-order chi connectivity index (χ1) is 12.8. The van der Waals surface area contributed by atoms with Crippen LogP contribution in [0.2, 0.25) is 0 Å². The molecule has 0 saturated heterocycles. The topological polar surface area (TPSA) is 35.0 Å². The van der Waals surface area contributed by atoms with Crippen LogP contribution >= 0.6 is 0 Å². The SMILES string of the molecule is Cc1cc(Oc2ccc(-c3ccccc3)cc2)nc(-c2ccccc2)n1. The Labute approximate surface area is 153 Å². The van der Waals surface area contributed by atoms with Gasteiger partial charge in [-0.05, 0) is 30.2 Å². The molecule has 26 heavy (non-hydrogen) atoms. The molecule has 0 atom stereocenters. The van der Waals surface area contributed by atoms with E-state index in [1.165, 1.54) is 5.56 Å². The van der Waals surface area contributed by atoms with Crippen LogP contribution in [-0.4, -0.2) is 9.97 Å². The van der Waals surface area contributed by atoms with Crippen molar-refractivity contribution in [2.24, 2.45) is 0 Å². The first-order valence-electron chi connectivity index (χ1n) is 8.52. The molecule has 0 aliphatic rings. The van der Waals surface area contributed by atoms with Crippen molar-refractivity contribution in [1.82, 2.24) is 9.97 Å². The highest BCUT2D eigenvalue weighted by Crippen LogP contribution is 2.26. The van der Waals surface area contributed by atoms with Crippen molar-refractivity contribution in [3.05, 3.63) is 96.7 Å². The molecule has 0 N–H and O–H groups in total. The summed E-state index contributed by atoms with van der Waals surface area (Å²) in [4.78, 5) is 9.05. The summed E-state index contributed by atoms with van der Waals surface area (Å²) in [6.07, 6.45) is 0. The standard InChI is InChI=1S/C23H18N2O/c1-17-16-22(25-23(24-17)20-10-6-3-7-11-20)26-21-14-12-19(13-15-21)18-8-4-2-5-9-18/h2-16H,1H3. The van der Waals surface area contributed by atoms with Gasteiger partial charge in [-0.25, -0.2) is 4.98 Å². The van der Waals surface area contributed by atoms with E-state index in [4.69, 9.17) is 4.74 Å². The van der Waals surface area contributed by atoms with Crippen molar-refractivity contribution in [3.63, 3.8) is 0 Å². The molecule has 0 unspecified atom stereocenters. The molecule has 0 amide bonds. The van der Waals surface area contributed by atoms with Gasteiger partial charge in [-0.15, -0.1) is 0 Å². The molecule has 4 aromatic rings. The van der Waals surface area contributed by atoms with E-state index in [1.807, 2.05) is 73.7 Å². The molecule has 0 fully saturated rings. The second-order valence-corrected chi connectivity index (χ2v) is 6.03. The maximum absolute atomic E-state index is 5.96. The minimum Gasteiger partial charge on any atom is -0.439 e. The molecule has 1 heterocycles. The van der Waals surface area contributed by atoms with E-state index in [9.17, 15) is 0 Å². The minimum atomic E-state index is 0.545. The van der Waals surface area contributed by atoms with E-state index < -0.39 is 0 Å². The Kier molecular flexibility index (Phi) is 4.44. The van der Waals surface area contributed by atoms with Gasteiger partial charge in [0, 0.05) is 17.3 Å². The van der Waals surface area contributed by atoms with Crippen molar-refractivity contribution in [2.45, 2.75) is 6.92 Å². The maximum atomic E-state index is 5.96. The number of aryl methyl sites for hydroxylation is 1. The van der Waals surface area contributed by atoms with E-state index in [2.05, 4.69) is 34.2 Å². The van der Waals surface area contributed by atoms with Gasteiger partial charge in [0.1, 0.15) is 5.75 Å². The maximum Gasteiger partial charge on any atom is 0.223 e. The highest BCUT2D eigenvalue weighted by molar-refractivity contribution is 5.64. The van der Waals surface area contributed by atoms with E-state index in [0.29, 0.717) is 11.7 Å². The molecule has 0 spiro atoms. The van der Waals surface area contributed by atoms with Crippen LogP contribution < -0.4 is 4.74 Å². The van der Waals surface area contributed by atoms with Crippen molar-refractivity contribution in [3.8, 4) is 34.1 Å². The summed E-state index contributed by atoms with van der Waals surface area (Å²) in [5.74, 6) is 1.96. The van der Waals surface area contributed by atoms with Crippen LogP contribution in [0, 0.1) is 6.92 Å². The van der Waals surface area contributed by atoms with Gasteiger partial charge in [-0.1, -0.05) is 72.8 Å². The zero-order valence-corrected chi connectivity index (χ0v) is 14.5. The molecule has 4 rings (SSSR count). The van der Waals surface area contributed by atoms with Gasteiger partial charge in [-0.2, -0.15) is 4.98 Å². The van der Waals surface area contributed by atoms with Crippen LogP contribution in [0.1, 0.15) is 5.69 Å². The number of nitrogens with zero attached hydrogens (tertiary/aromatic N) is 2. The van der Waals surface area contributed by atoms with Crippen LogP contribution in [0.15, 0.2) is 91.0 Å². The van der Waals surface area contributed by atoms with Crippen molar-refractivity contribution >= 4 is 0 Å². The number of hydrogen-bond acceptors (Lipinski definition) is 3. The summed E-state index contributed by atoms with van der Waals surface area (Å²) in [6, 6.07) is 30.1. The molecular weight excluding hydrogens is 320 g/mol. The smallest absolute Gasteiger partial charge is 0.223 e. The van der Waals surface area contributed by atoms with Gasteiger partial charge < -0.3 is 4.74 Å². The number of hydrogen-bond donors (Lipinski definition) is 0. The van der Waals surface area contributed by atoms with Crippen LogP contribution in [0.25, 0.3) is 22.5 Å². The lowest BCUT2D eigenvalue weighted by atomic mass is 10.1. The first kappa shape index (κ1) is 16.0. The Bertz CT molecular complexity index is 997. The van der Waals surface area contributed by atoms with Gasteiger partial charge in [0.2, 0.25) is 5.88 Å². The van der Waals surface area contributed by atoms with Crippen LogP contribution in [0.5, 0.6) is 11.6 Å². The average molecular weight is 338 g/mol. The largest absolute Gasteiger partial charge is 0.439 e. The van der Waals surface area contributed by atoms with Gasteiger partial charge in [0.05, 0.1) is 0 Å². The third-order valence-corrected chi connectivity index (χ3v) is 4.05. The zero-order valence-electron chi connectivity index (χ0n) is 14.5. The Hall–Kier alpha value is -3.46. The van der Waals surface area contributed by atoms with Crippen molar-refractivity contribution in [1.29, 1.82) is 0 Å². The van der Waals surface area contributed by atoms with Crippen LogP contribution in [0.3, 0.4) is 0 Å². The number of aromatic nitrogens is 2. The highest BCUT2D eigenvalue weighted by Gasteiger charge is 2.07. The van der Waals surface area contributed by atoms with Gasteiger partial charge in [0.25, 0.3) is 0 Å². The number of benzene rings is 3. The third-order valence-electron chi connectivity index (χ3n) is 4.05. The molecule has 0 saturated carbocycles. The molecule has 0 radical (unpaired) electrons. The average Bonchev–Trinajstić information content (AvgIpc) is 2.69. The van der Waals surface area contributed by atoms with E-state index in [1.54, 1.807) is 0 Å². The fraction of sp³-hybridized carbons (Fsp3) is 0.0435. The minimum absolute atomic E-state index is 0.545. The third kappa shape index (κ3) is 3.62. The molecular formula is C23H18N2O. The van der Waals surface area contributed by atoms with Gasteiger partial charge in [0.15, 0.2) is 5.82 Å². The Morgan fingerprint density at radius 3 is 1.85 bits per heavy atom. The van der Waals surface area contributed by atoms with Crippen LogP contribution in [-0.2, 0) is 0 Å². The lowest BCUT2D eigenvalue weighted by Gasteiger charge is -2.09. The summed E-state index contributed by atoms with van der Waals surface area (Å²) in [5, 5.41) is 0. The zero-order chi connectivity index (χ0) is 17.8. The van der Waals surface area contributed by atoms with Crippen molar-refractivity contribution in [2.75, 3.05) is 0 Å². The quantitative estimate of drug-likeness (QED) is 0.464. The second-order valence-electron chi connectivity index (χ2n) is 6.03. The second kappa shape index (κ2) is 7.19.